The molecule has 0 spiro atoms. The molecule has 2 N–H and O–H groups in total. The minimum absolute atomic E-state index is 0.336. The maximum Gasteiger partial charge on any atom is 0.491 e. The van der Waals surface area contributed by atoms with Gasteiger partial charge in [0.1, 0.15) is 5.75 Å². The van der Waals surface area contributed by atoms with Crippen molar-refractivity contribution < 1.29 is 14.0 Å². The van der Waals surface area contributed by atoms with Gasteiger partial charge in [-0.1, -0.05) is 17.7 Å². The van der Waals surface area contributed by atoms with Crippen LogP contribution in [0.2, 0.25) is 5.02 Å². The van der Waals surface area contributed by atoms with Crippen molar-refractivity contribution in [3.8, 4) is 5.75 Å². The number of nitrogens with two attached hydrogens (primary N) is 1. The van der Waals surface area contributed by atoms with Crippen LogP contribution >= 0.6 is 11.6 Å². The lowest BCUT2D eigenvalue weighted by molar-refractivity contribution is 0.00578. The number of hydrogen-bond acceptors (Lipinski definition) is 4. The van der Waals surface area contributed by atoms with Crippen molar-refractivity contribution >= 4 is 24.8 Å². The fourth-order valence-corrected chi connectivity index (χ4v) is 2.38. The molecule has 0 saturated carbocycles. The summed E-state index contributed by atoms with van der Waals surface area (Å²) in [7, 11) is 1.15. The molecule has 0 aliphatic carbocycles. The van der Waals surface area contributed by atoms with Gasteiger partial charge in [0.25, 0.3) is 0 Å². The zero-order chi connectivity index (χ0) is 16.5. The summed E-state index contributed by atoms with van der Waals surface area (Å²) >= 11 is 5.99. The smallest absolute Gasteiger partial charge is 0.491 e. The van der Waals surface area contributed by atoms with Crippen LogP contribution in [0, 0.1) is 0 Å². The van der Waals surface area contributed by atoms with Crippen LogP contribution in [0.5, 0.6) is 5.75 Å². The van der Waals surface area contributed by atoms with Crippen molar-refractivity contribution in [2.45, 2.75) is 38.9 Å². The Bertz CT molecular complexity index is 571. The number of halogens is 1. The van der Waals surface area contributed by atoms with E-state index in [9.17, 15) is 0 Å². The summed E-state index contributed by atoms with van der Waals surface area (Å²) in [5.74, 6) is 0.690. The first-order valence-corrected chi connectivity index (χ1v) is 7.67. The summed E-state index contributed by atoms with van der Waals surface area (Å²) in [6.07, 6.45) is 1.94. The van der Waals surface area contributed by atoms with Gasteiger partial charge in [0.05, 0.1) is 18.3 Å². The SMILES string of the molecule is COc1cc(Cl)ccc1C=C(CN)B1OC(C)(C)C(C)(C)O1. The Morgan fingerprint density at radius 3 is 2.36 bits per heavy atom. The predicted octanol–water partition coefficient (Wildman–Crippen LogP) is 3.32. The van der Waals surface area contributed by atoms with E-state index in [1.807, 2.05) is 45.9 Å². The Morgan fingerprint density at radius 1 is 1.27 bits per heavy atom. The average molecular weight is 324 g/mol. The van der Waals surface area contributed by atoms with Gasteiger partial charge in [-0.2, -0.15) is 0 Å². The molecule has 1 heterocycles. The standard InChI is InChI=1S/C16H23BClNO3/c1-15(2)16(3,4)22-17(21-15)12(10-19)8-11-6-7-13(18)9-14(11)20-5/h6-9H,10,19H2,1-5H3. The van der Waals surface area contributed by atoms with E-state index in [0.29, 0.717) is 17.3 Å². The maximum absolute atomic E-state index is 6.05. The molecule has 6 heteroatoms. The molecule has 0 bridgehead atoms. The van der Waals surface area contributed by atoms with Crippen molar-refractivity contribution in [3.63, 3.8) is 0 Å². The Kier molecular flexibility index (Phi) is 4.92. The molecule has 0 aromatic heterocycles. The minimum Gasteiger partial charge on any atom is -0.496 e. The molecule has 1 aliphatic rings. The summed E-state index contributed by atoms with van der Waals surface area (Å²) in [5.41, 5.74) is 6.87. The normalized spacial score (nSPS) is 20.3. The van der Waals surface area contributed by atoms with Gasteiger partial charge in [-0.3, -0.25) is 0 Å². The highest BCUT2D eigenvalue weighted by atomic mass is 35.5. The molecule has 1 fully saturated rings. The second-order valence-corrected chi connectivity index (χ2v) is 6.83. The number of hydrogen-bond donors (Lipinski definition) is 1. The van der Waals surface area contributed by atoms with E-state index in [0.717, 1.165) is 11.0 Å². The largest absolute Gasteiger partial charge is 0.496 e. The van der Waals surface area contributed by atoms with Crippen LogP contribution < -0.4 is 10.5 Å². The molecule has 1 aromatic carbocycles. The van der Waals surface area contributed by atoms with E-state index in [2.05, 4.69) is 0 Å². The third-order valence-electron chi connectivity index (χ3n) is 4.33. The second-order valence-electron chi connectivity index (χ2n) is 6.40. The zero-order valence-corrected chi connectivity index (χ0v) is 14.5. The van der Waals surface area contributed by atoms with E-state index >= 15 is 0 Å². The van der Waals surface area contributed by atoms with Crippen molar-refractivity contribution in [1.29, 1.82) is 0 Å². The molecule has 22 heavy (non-hydrogen) atoms. The van der Waals surface area contributed by atoms with Crippen molar-refractivity contribution in [1.82, 2.24) is 0 Å². The molecule has 120 valence electrons. The molecule has 0 radical (unpaired) electrons. The molecule has 2 rings (SSSR count). The van der Waals surface area contributed by atoms with Gasteiger partial charge >= 0.3 is 7.12 Å². The quantitative estimate of drug-likeness (QED) is 0.864. The number of ether oxygens (including phenoxy) is 1. The van der Waals surface area contributed by atoms with Gasteiger partial charge in [-0.25, -0.2) is 0 Å². The molecular formula is C16H23BClNO3. The van der Waals surface area contributed by atoms with Crippen LogP contribution in [0.4, 0.5) is 0 Å². The van der Waals surface area contributed by atoms with E-state index in [4.69, 9.17) is 31.4 Å². The topological polar surface area (TPSA) is 53.7 Å². The summed E-state index contributed by atoms with van der Waals surface area (Å²) in [6.45, 7) is 8.41. The molecule has 0 amide bonds. The lowest BCUT2D eigenvalue weighted by atomic mass is 9.77. The first-order chi connectivity index (χ1) is 10.2. The number of methoxy groups -OCH3 is 1. The van der Waals surface area contributed by atoms with E-state index in [-0.39, 0.29) is 0 Å². The third-order valence-corrected chi connectivity index (χ3v) is 4.56. The number of benzene rings is 1. The summed E-state index contributed by atoms with van der Waals surface area (Å²) < 4.78 is 17.5. The van der Waals surface area contributed by atoms with Crippen LogP contribution in [-0.2, 0) is 9.31 Å². The molecule has 1 aromatic rings. The Hall–Kier alpha value is -1.01. The highest BCUT2D eigenvalue weighted by Gasteiger charge is 2.52. The van der Waals surface area contributed by atoms with Gasteiger partial charge in [-0.15, -0.1) is 0 Å². The maximum atomic E-state index is 6.05. The summed E-state index contributed by atoms with van der Waals surface area (Å²) in [6, 6.07) is 5.47. The van der Waals surface area contributed by atoms with E-state index in [1.165, 1.54) is 0 Å². The van der Waals surface area contributed by atoms with Gasteiger partial charge in [0.2, 0.25) is 0 Å². The molecule has 0 unspecified atom stereocenters. The highest BCUT2D eigenvalue weighted by molar-refractivity contribution is 6.56. The van der Waals surface area contributed by atoms with Crippen LogP contribution in [0.15, 0.2) is 23.7 Å². The third kappa shape index (κ3) is 3.33. The molecule has 0 atom stereocenters. The second kappa shape index (κ2) is 6.24. The Labute approximate surface area is 137 Å². The van der Waals surface area contributed by atoms with E-state index < -0.39 is 18.3 Å². The van der Waals surface area contributed by atoms with Crippen molar-refractivity contribution in [2.24, 2.45) is 5.73 Å². The summed E-state index contributed by atoms with van der Waals surface area (Å²) in [4.78, 5) is 0. The van der Waals surface area contributed by atoms with Gasteiger partial charge in [0, 0.05) is 17.1 Å². The average Bonchev–Trinajstić information content (AvgIpc) is 2.65. The molecular weight excluding hydrogens is 300 g/mol. The predicted molar refractivity (Wildman–Crippen MR) is 91.1 cm³/mol. The molecule has 1 aliphatic heterocycles. The Morgan fingerprint density at radius 2 is 1.86 bits per heavy atom. The summed E-state index contributed by atoms with van der Waals surface area (Å²) in [5, 5.41) is 0.624. The first kappa shape index (κ1) is 17.4. The van der Waals surface area contributed by atoms with Crippen LogP contribution in [-0.4, -0.2) is 32.0 Å². The van der Waals surface area contributed by atoms with Crippen molar-refractivity contribution in [2.75, 3.05) is 13.7 Å². The van der Waals surface area contributed by atoms with Gasteiger partial charge in [0.15, 0.2) is 0 Å². The zero-order valence-electron chi connectivity index (χ0n) is 13.8. The first-order valence-electron chi connectivity index (χ1n) is 7.30. The van der Waals surface area contributed by atoms with Gasteiger partial charge < -0.3 is 19.8 Å². The monoisotopic (exact) mass is 323 g/mol. The highest BCUT2D eigenvalue weighted by Crippen LogP contribution is 2.39. The van der Waals surface area contributed by atoms with Gasteiger partial charge in [-0.05, 0) is 51.4 Å². The fraction of sp³-hybridized carbons (Fsp3) is 0.500. The van der Waals surface area contributed by atoms with Crippen LogP contribution in [0.3, 0.4) is 0 Å². The van der Waals surface area contributed by atoms with E-state index in [1.54, 1.807) is 13.2 Å². The molecule has 1 saturated heterocycles. The van der Waals surface area contributed by atoms with Crippen LogP contribution in [0.25, 0.3) is 6.08 Å². The fourth-order valence-electron chi connectivity index (χ4n) is 2.22. The molecule has 4 nitrogen and oxygen atoms in total. The van der Waals surface area contributed by atoms with Crippen LogP contribution in [0.1, 0.15) is 33.3 Å². The number of rotatable bonds is 4. The van der Waals surface area contributed by atoms with Crippen molar-refractivity contribution in [3.05, 3.63) is 34.3 Å². The lowest BCUT2D eigenvalue weighted by Gasteiger charge is -2.32. The minimum atomic E-state index is -0.463. The lowest BCUT2D eigenvalue weighted by Crippen LogP contribution is -2.41. The Balaban J connectivity index is 2.34.